The van der Waals surface area contributed by atoms with Crippen LogP contribution in [0, 0.1) is 5.41 Å². The lowest BCUT2D eigenvalue weighted by Crippen LogP contribution is -2.20. The molecule has 0 aromatic carbocycles. The first-order valence-electron chi connectivity index (χ1n) is 9.09. The average Bonchev–Trinajstić information content (AvgIpc) is 2.41. The van der Waals surface area contributed by atoms with Crippen LogP contribution < -0.4 is 0 Å². The Morgan fingerprint density at radius 1 is 0.773 bits per heavy atom. The van der Waals surface area contributed by atoms with Gasteiger partial charge >= 0.3 is 7.82 Å². The van der Waals surface area contributed by atoms with E-state index < -0.39 is 7.82 Å². The molecule has 0 radical (unpaired) electrons. The van der Waals surface area contributed by atoms with Crippen LogP contribution in [-0.4, -0.2) is 16.4 Å². The third-order valence-electron chi connectivity index (χ3n) is 4.45. The van der Waals surface area contributed by atoms with Gasteiger partial charge in [0.2, 0.25) is 0 Å². The Morgan fingerprint density at radius 3 is 1.68 bits per heavy atom. The van der Waals surface area contributed by atoms with Gasteiger partial charge in [0.25, 0.3) is 0 Å². The number of hydrogen-bond acceptors (Lipinski definition) is 2. The molecule has 0 aliphatic carbocycles. The Labute approximate surface area is 137 Å². The van der Waals surface area contributed by atoms with Gasteiger partial charge in [-0.15, -0.1) is 0 Å². The zero-order valence-corrected chi connectivity index (χ0v) is 15.7. The maximum absolute atomic E-state index is 10.5. The number of hydrogen-bond donors (Lipinski definition) is 2. The quantitative estimate of drug-likeness (QED) is 0.292. The van der Waals surface area contributed by atoms with Gasteiger partial charge in [0, 0.05) is 0 Å². The maximum Gasteiger partial charge on any atom is 0.469 e. The molecule has 5 heteroatoms. The van der Waals surface area contributed by atoms with Gasteiger partial charge in [-0.2, -0.15) is 0 Å². The first-order chi connectivity index (χ1) is 10.4. The SMILES string of the molecule is CCCC(CCC)(CCC)CCCCCCCOP(=O)(O)O. The Bertz CT molecular complexity index is 284. The summed E-state index contributed by atoms with van der Waals surface area (Å²) in [5.41, 5.74) is 0.557. The molecule has 0 unspecified atom stereocenters. The fraction of sp³-hybridized carbons (Fsp3) is 1.00. The van der Waals surface area contributed by atoms with Crippen LogP contribution >= 0.6 is 7.82 Å². The van der Waals surface area contributed by atoms with Gasteiger partial charge < -0.3 is 9.79 Å². The van der Waals surface area contributed by atoms with Crippen molar-refractivity contribution >= 4 is 7.82 Å². The molecular weight excluding hydrogens is 299 g/mol. The summed E-state index contributed by atoms with van der Waals surface area (Å²) in [6, 6.07) is 0. The van der Waals surface area contributed by atoms with Gasteiger partial charge in [0.1, 0.15) is 0 Å². The van der Waals surface area contributed by atoms with Gasteiger partial charge in [-0.3, -0.25) is 4.52 Å². The molecule has 0 spiro atoms. The van der Waals surface area contributed by atoms with Crippen LogP contribution in [0.15, 0.2) is 0 Å². The maximum atomic E-state index is 10.5. The highest BCUT2D eigenvalue weighted by Gasteiger charge is 2.26. The van der Waals surface area contributed by atoms with E-state index in [1.54, 1.807) is 0 Å². The zero-order chi connectivity index (χ0) is 16.9. The Morgan fingerprint density at radius 2 is 1.23 bits per heavy atom. The highest BCUT2D eigenvalue weighted by atomic mass is 31.2. The molecule has 0 amide bonds. The fourth-order valence-electron chi connectivity index (χ4n) is 3.66. The zero-order valence-electron chi connectivity index (χ0n) is 14.9. The van der Waals surface area contributed by atoms with Crippen LogP contribution in [-0.2, 0) is 9.09 Å². The molecule has 22 heavy (non-hydrogen) atoms. The normalized spacial score (nSPS) is 12.8. The molecule has 0 bridgehead atoms. The minimum absolute atomic E-state index is 0.162. The minimum atomic E-state index is -4.27. The van der Waals surface area contributed by atoms with Gasteiger partial charge in [0.15, 0.2) is 0 Å². The molecular formula is C17H37O4P. The lowest BCUT2D eigenvalue weighted by atomic mass is 9.72. The van der Waals surface area contributed by atoms with Gasteiger partial charge in [-0.25, -0.2) is 4.57 Å². The Balaban J connectivity index is 3.86. The third-order valence-corrected chi connectivity index (χ3v) is 4.97. The minimum Gasteiger partial charge on any atom is -0.303 e. The van der Waals surface area contributed by atoms with Crippen molar-refractivity contribution in [2.24, 2.45) is 5.41 Å². The second-order valence-electron chi connectivity index (χ2n) is 6.59. The molecule has 2 N–H and O–H groups in total. The number of rotatable bonds is 15. The van der Waals surface area contributed by atoms with E-state index in [4.69, 9.17) is 9.79 Å². The Hall–Kier alpha value is 0.110. The standard InChI is InChI=1S/C17H37O4P/c1-4-12-17(13-5-2,14-6-3)15-10-8-7-9-11-16-21-22(18,19)20/h4-16H2,1-3H3,(H2,18,19,20). The summed E-state index contributed by atoms with van der Waals surface area (Å²) in [5, 5.41) is 0. The van der Waals surface area contributed by atoms with Crippen LogP contribution in [0.2, 0.25) is 0 Å². The highest BCUT2D eigenvalue weighted by molar-refractivity contribution is 7.46. The molecule has 0 aromatic rings. The largest absolute Gasteiger partial charge is 0.469 e. The fourth-order valence-corrected chi connectivity index (χ4v) is 4.02. The predicted octanol–water partition coefficient (Wildman–Crippen LogP) is 5.82. The number of unbranched alkanes of at least 4 members (excludes halogenated alkanes) is 4. The van der Waals surface area contributed by atoms with Crippen LogP contribution in [0.25, 0.3) is 0 Å². The highest BCUT2D eigenvalue weighted by Crippen LogP contribution is 2.40. The molecule has 4 nitrogen and oxygen atoms in total. The second-order valence-corrected chi connectivity index (χ2v) is 7.83. The van der Waals surface area contributed by atoms with Crippen molar-refractivity contribution < 1.29 is 18.9 Å². The van der Waals surface area contributed by atoms with Crippen LogP contribution in [0.4, 0.5) is 0 Å². The summed E-state index contributed by atoms with van der Waals surface area (Å²) in [5.74, 6) is 0. The molecule has 0 atom stereocenters. The first kappa shape index (κ1) is 22.1. The second kappa shape index (κ2) is 12.5. The molecule has 0 saturated carbocycles. The summed E-state index contributed by atoms with van der Waals surface area (Å²) in [4.78, 5) is 17.2. The molecule has 0 saturated heterocycles. The van der Waals surface area contributed by atoms with Crippen molar-refractivity contribution in [2.75, 3.05) is 6.61 Å². The van der Waals surface area contributed by atoms with E-state index in [2.05, 4.69) is 25.3 Å². The first-order valence-corrected chi connectivity index (χ1v) is 10.6. The molecule has 0 aromatic heterocycles. The van der Waals surface area contributed by atoms with E-state index in [1.165, 1.54) is 57.8 Å². The summed E-state index contributed by atoms with van der Waals surface area (Å²) >= 11 is 0. The van der Waals surface area contributed by atoms with E-state index in [1.807, 2.05) is 0 Å². The van der Waals surface area contributed by atoms with E-state index in [0.29, 0.717) is 5.41 Å². The van der Waals surface area contributed by atoms with Crippen molar-refractivity contribution in [2.45, 2.75) is 97.8 Å². The molecule has 0 aliphatic rings. The Kier molecular flexibility index (Phi) is 12.6. The van der Waals surface area contributed by atoms with E-state index in [0.717, 1.165) is 19.3 Å². The summed E-state index contributed by atoms with van der Waals surface area (Å²) in [7, 11) is -4.27. The van der Waals surface area contributed by atoms with Gasteiger partial charge in [-0.1, -0.05) is 65.7 Å². The summed E-state index contributed by atoms with van der Waals surface area (Å²) in [6.45, 7) is 7.04. The topological polar surface area (TPSA) is 66.8 Å². The summed E-state index contributed by atoms with van der Waals surface area (Å²) in [6.07, 6.45) is 14.6. The average molecular weight is 336 g/mol. The summed E-state index contributed by atoms with van der Waals surface area (Å²) < 4.78 is 15.0. The number of phosphoric acid groups is 1. The molecule has 0 aliphatic heterocycles. The van der Waals surface area contributed by atoms with Crippen molar-refractivity contribution in [3.8, 4) is 0 Å². The van der Waals surface area contributed by atoms with Crippen molar-refractivity contribution in [3.05, 3.63) is 0 Å². The molecule has 0 rings (SSSR count). The molecule has 0 fully saturated rings. The van der Waals surface area contributed by atoms with E-state index in [-0.39, 0.29) is 6.61 Å². The van der Waals surface area contributed by atoms with Crippen LogP contribution in [0.5, 0.6) is 0 Å². The third kappa shape index (κ3) is 11.6. The van der Waals surface area contributed by atoms with Crippen molar-refractivity contribution in [1.29, 1.82) is 0 Å². The van der Waals surface area contributed by atoms with Crippen molar-refractivity contribution in [3.63, 3.8) is 0 Å². The lowest BCUT2D eigenvalue weighted by molar-refractivity contribution is 0.183. The van der Waals surface area contributed by atoms with E-state index >= 15 is 0 Å². The molecule has 0 heterocycles. The van der Waals surface area contributed by atoms with Gasteiger partial charge in [0.05, 0.1) is 6.61 Å². The predicted molar refractivity (Wildman–Crippen MR) is 92.9 cm³/mol. The van der Waals surface area contributed by atoms with Crippen LogP contribution in [0.3, 0.4) is 0 Å². The monoisotopic (exact) mass is 336 g/mol. The van der Waals surface area contributed by atoms with Crippen molar-refractivity contribution in [1.82, 2.24) is 0 Å². The number of phosphoric ester groups is 1. The van der Waals surface area contributed by atoms with Crippen LogP contribution in [0.1, 0.15) is 97.8 Å². The smallest absolute Gasteiger partial charge is 0.303 e. The molecule has 134 valence electrons. The van der Waals surface area contributed by atoms with E-state index in [9.17, 15) is 4.57 Å². The lowest BCUT2D eigenvalue weighted by Gasteiger charge is -2.34. The van der Waals surface area contributed by atoms with Gasteiger partial charge in [-0.05, 0) is 37.5 Å².